The van der Waals surface area contributed by atoms with Crippen molar-refractivity contribution in [3.05, 3.63) is 48.6 Å². The fraction of sp³-hybridized carbons (Fsp3) is 0.763. The van der Waals surface area contributed by atoms with Gasteiger partial charge < -0.3 is 15.5 Å². The van der Waals surface area contributed by atoms with E-state index in [1.807, 2.05) is 6.08 Å². The zero-order valence-electron chi connectivity index (χ0n) is 27.8. The molecule has 244 valence electrons. The first-order chi connectivity index (χ1) is 20.7. The van der Waals surface area contributed by atoms with Crippen LogP contribution in [0.4, 0.5) is 0 Å². The summed E-state index contributed by atoms with van der Waals surface area (Å²) in [6.45, 7) is 4.24. The molecule has 0 radical (unpaired) electrons. The Morgan fingerprint density at radius 2 is 0.976 bits per heavy atom. The number of rotatable bonds is 31. The van der Waals surface area contributed by atoms with Crippen LogP contribution in [0.15, 0.2) is 48.6 Å². The molecule has 0 aliphatic carbocycles. The van der Waals surface area contributed by atoms with Gasteiger partial charge in [0.2, 0.25) is 5.91 Å². The van der Waals surface area contributed by atoms with Gasteiger partial charge in [-0.05, 0) is 57.8 Å². The second kappa shape index (κ2) is 33.8. The van der Waals surface area contributed by atoms with Crippen LogP contribution in [0.2, 0.25) is 0 Å². The van der Waals surface area contributed by atoms with E-state index in [0.29, 0.717) is 6.42 Å². The van der Waals surface area contributed by atoms with Crippen molar-refractivity contribution in [3.63, 3.8) is 0 Å². The Balaban J connectivity index is 3.65. The van der Waals surface area contributed by atoms with Gasteiger partial charge in [-0.2, -0.15) is 0 Å². The largest absolute Gasteiger partial charge is 0.394 e. The average Bonchev–Trinajstić information content (AvgIpc) is 2.99. The van der Waals surface area contributed by atoms with E-state index in [-0.39, 0.29) is 12.5 Å². The standard InChI is InChI=1S/C38H69NO3/c1-3-5-7-9-11-13-14-15-16-17-18-19-20-21-22-23-24-26-28-30-32-34-38(42)39-36(35-40)37(41)33-31-29-27-25-12-10-8-6-4-2/h14-15,17-18,20-21,31,33,36-37,40-41H,3-13,16,19,22-30,32,34-35H2,1-2H3,(H,39,42)/b15-14-,18-17-,21-20-,33-31+. The minimum Gasteiger partial charge on any atom is -0.394 e. The van der Waals surface area contributed by atoms with Gasteiger partial charge in [-0.3, -0.25) is 4.79 Å². The van der Waals surface area contributed by atoms with Gasteiger partial charge in [0.15, 0.2) is 0 Å². The van der Waals surface area contributed by atoms with Crippen LogP contribution >= 0.6 is 0 Å². The molecule has 0 aliphatic rings. The molecule has 0 aromatic carbocycles. The second-order valence-corrected chi connectivity index (χ2v) is 11.9. The summed E-state index contributed by atoms with van der Waals surface area (Å²) in [6.07, 6.45) is 44.8. The molecule has 3 N–H and O–H groups in total. The first-order valence-corrected chi connectivity index (χ1v) is 17.9. The lowest BCUT2D eigenvalue weighted by Gasteiger charge is -2.20. The van der Waals surface area contributed by atoms with Crippen molar-refractivity contribution in [3.8, 4) is 0 Å². The summed E-state index contributed by atoms with van der Waals surface area (Å²) in [7, 11) is 0. The van der Waals surface area contributed by atoms with E-state index in [9.17, 15) is 15.0 Å². The third-order valence-corrected chi connectivity index (χ3v) is 7.81. The van der Waals surface area contributed by atoms with Gasteiger partial charge in [0, 0.05) is 6.42 Å². The van der Waals surface area contributed by atoms with Crippen LogP contribution in [-0.4, -0.2) is 34.9 Å². The third-order valence-electron chi connectivity index (χ3n) is 7.81. The zero-order valence-corrected chi connectivity index (χ0v) is 27.8. The highest BCUT2D eigenvalue weighted by molar-refractivity contribution is 5.76. The first kappa shape index (κ1) is 40.4. The average molecular weight is 588 g/mol. The number of aliphatic hydroxyl groups is 2. The molecular formula is C38H69NO3. The normalized spacial score (nSPS) is 13.7. The lowest BCUT2D eigenvalue weighted by molar-refractivity contribution is -0.123. The molecule has 1 amide bonds. The number of nitrogens with one attached hydrogen (secondary N) is 1. The van der Waals surface area contributed by atoms with Crippen LogP contribution < -0.4 is 5.32 Å². The van der Waals surface area contributed by atoms with Crippen molar-refractivity contribution in [1.29, 1.82) is 0 Å². The number of carbonyl (C=O) groups excluding carboxylic acids is 1. The minimum absolute atomic E-state index is 0.0819. The Labute approximate surface area is 261 Å². The molecule has 0 rings (SSSR count). The molecule has 0 heterocycles. The van der Waals surface area contributed by atoms with E-state index in [2.05, 4.69) is 55.6 Å². The van der Waals surface area contributed by atoms with Crippen molar-refractivity contribution in [1.82, 2.24) is 5.32 Å². The summed E-state index contributed by atoms with van der Waals surface area (Å²) in [5, 5.41) is 22.8. The summed E-state index contributed by atoms with van der Waals surface area (Å²) < 4.78 is 0. The fourth-order valence-corrected chi connectivity index (χ4v) is 5.01. The van der Waals surface area contributed by atoms with Crippen LogP contribution in [0.25, 0.3) is 0 Å². The number of hydrogen-bond acceptors (Lipinski definition) is 3. The molecule has 4 nitrogen and oxygen atoms in total. The number of aliphatic hydroxyl groups excluding tert-OH is 2. The fourth-order valence-electron chi connectivity index (χ4n) is 5.01. The van der Waals surface area contributed by atoms with E-state index in [0.717, 1.165) is 51.4 Å². The van der Waals surface area contributed by atoms with Gasteiger partial charge in [0.05, 0.1) is 18.8 Å². The highest BCUT2D eigenvalue weighted by atomic mass is 16.3. The summed E-state index contributed by atoms with van der Waals surface area (Å²) in [4.78, 5) is 12.3. The van der Waals surface area contributed by atoms with E-state index < -0.39 is 12.1 Å². The Kier molecular flexibility index (Phi) is 32.5. The van der Waals surface area contributed by atoms with Gasteiger partial charge in [0.25, 0.3) is 0 Å². The van der Waals surface area contributed by atoms with Crippen LogP contribution in [0, 0.1) is 0 Å². The van der Waals surface area contributed by atoms with Gasteiger partial charge in [-0.25, -0.2) is 0 Å². The minimum atomic E-state index is -0.842. The predicted octanol–water partition coefficient (Wildman–Crippen LogP) is 10.5. The highest BCUT2D eigenvalue weighted by Crippen LogP contribution is 2.11. The van der Waals surface area contributed by atoms with Crippen LogP contribution in [0.5, 0.6) is 0 Å². The van der Waals surface area contributed by atoms with Crippen LogP contribution in [-0.2, 0) is 4.79 Å². The second-order valence-electron chi connectivity index (χ2n) is 11.9. The third kappa shape index (κ3) is 29.8. The van der Waals surface area contributed by atoms with Crippen LogP contribution in [0.1, 0.15) is 168 Å². The molecule has 0 aromatic rings. The molecule has 0 spiro atoms. The van der Waals surface area contributed by atoms with E-state index >= 15 is 0 Å². The Morgan fingerprint density at radius 3 is 1.45 bits per heavy atom. The zero-order chi connectivity index (χ0) is 30.8. The number of carbonyl (C=O) groups is 1. The molecule has 0 saturated heterocycles. The summed E-state index contributed by atoms with van der Waals surface area (Å²) in [5.41, 5.74) is 0. The van der Waals surface area contributed by atoms with E-state index in [1.165, 1.54) is 96.3 Å². The summed E-state index contributed by atoms with van der Waals surface area (Å²) in [5.74, 6) is -0.0819. The lowest BCUT2D eigenvalue weighted by atomic mass is 10.1. The van der Waals surface area contributed by atoms with Crippen molar-refractivity contribution in [2.75, 3.05) is 6.61 Å². The SMILES string of the molecule is CCCCCCC/C=C\C/C=C\C/C=C\CCCCCCCCC(=O)NC(CO)C(O)/C=C/CCCCCCCCC. The summed E-state index contributed by atoms with van der Waals surface area (Å²) >= 11 is 0. The molecule has 0 aliphatic heterocycles. The van der Waals surface area contributed by atoms with Gasteiger partial charge >= 0.3 is 0 Å². The predicted molar refractivity (Wildman–Crippen MR) is 184 cm³/mol. The van der Waals surface area contributed by atoms with E-state index in [4.69, 9.17) is 0 Å². The number of unbranched alkanes of at least 4 members (excludes halogenated alkanes) is 18. The van der Waals surface area contributed by atoms with Crippen LogP contribution in [0.3, 0.4) is 0 Å². The Bertz CT molecular complexity index is 682. The Hall–Kier alpha value is -1.65. The van der Waals surface area contributed by atoms with Gasteiger partial charge in [-0.15, -0.1) is 0 Å². The molecule has 0 fully saturated rings. The first-order valence-electron chi connectivity index (χ1n) is 17.9. The molecule has 42 heavy (non-hydrogen) atoms. The van der Waals surface area contributed by atoms with Gasteiger partial charge in [-0.1, -0.05) is 152 Å². The Morgan fingerprint density at radius 1 is 0.571 bits per heavy atom. The maximum Gasteiger partial charge on any atom is 0.220 e. The number of allylic oxidation sites excluding steroid dienone is 7. The monoisotopic (exact) mass is 588 g/mol. The van der Waals surface area contributed by atoms with Crippen molar-refractivity contribution in [2.24, 2.45) is 0 Å². The maximum atomic E-state index is 12.3. The maximum absolute atomic E-state index is 12.3. The van der Waals surface area contributed by atoms with Gasteiger partial charge in [0.1, 0.15) is 0 Å². The molecular weight excluding hydrogens is 518 g/mol. The molecule has 4 heteroatoms. The quantitative estimate of drug-likeness (QED) is 0.0558. The van der Waals surface area contributed by atoms with E-state index in [1.54, 1.807) is 6.08 Å². The van der Waals surface area contributed by atoms with Crippen molar-refractivity contribution < 1.29 is 15.0 Å². The lowest BCUT2D eigenvalue weighted by Crippen LogP contribution is -2.45. The summed E-state index contributed by atoms with van der Waals surface area (Å²) in [6, 6.07) is -0.627. The molecule has 0 bridgehead atoms. The topological polar surface area (TPSA) is 69.6 Å². The van der Waals surface area contributed by atoms with Crippen molar-refractivity contribution in [2.45, 2.75) is 180 Å². The molecule has 2 unspecified atom stereocenters. The number of amides is 1. The molecule has 0 saturated carbocycles. The smallest absolute Gasteiger partial charge is 0.220 e. The molecule has 0 aromatic heterocycles. The van der Waals surface area contributed by atoms with Crippen molar-refractivity contribution >= 4 is 5.91 Å². The number of hydrogen-bond donors (Lipinski definition) is 3. The highest BCUT2D eigenvalue weighted by Gasteiger charge is 2.17. The molecule has 2 atom stereocenters.